The molecule has 1 unspecified atom stereocenters. The molecule has 0 fully saturated rings. The first kappa shape index (κ1) is 36.0. The van der Waals surface area contributed by atoms with Crippen molar-refractivity contribution in [2.75, 3.05) is 21.1 Å². The van der Waals surface area contributed by atoms with Crippen LogP contribution in [-0.2, 0) is 19.8 Å². The third-order valence-electron chi connectivity index (χ3n) is 7.51. The Labute approximate surface area is 291 Å². The van der Waals surface area contributed by atoms with Gasteiger partial charge in [-0.15, -0.1) is 10.2 Å². The van der Waals surface area contributed by atoms with Gasteiger partial charge in [0.05, 0.1) is 61.6 Å². The molecule has 3 aromatic carbocycles. The van der Waals surface area contributed by atoms with E-state index in [1.54, 1.807) is 37.3 Å². The van der Waals surface area contributed by atoms with Gasteiger partial charge in [0.25, 0.3) is 17.4 Å². The van der Waals surface area contributed by atoms with Crippen LogP contribution in [-0.4, -0.2) is 60.9 Å². The number of aromatic nitrogens is 6. The largest absolute Gasteiger partial charge is 0.418 e. The molecule has 12 nitrogen and oxygen atoms in total. The topological polar surface area (TPSA) is 137 Å². The normalized spacial score (nSPS) is 12.1. The Hall–Kier alpha value is -6.27. The predicted octanol–water partition coefficient (Wildman–Crippen LogP) is 5.69. The summed E-state index contributed by atoms with van der Waals surface area (Å²) in [6.07, 6.45) is -3.20. The lowest BCUT2D eigenvalue weighted by Crippen LogP contribution is -2.33. The van der Waals surface area contributed by atoms with E-state index in [1.807, 2.05) is 63.6 Å². The maximum atomic E-state index is 14.0. The van der Waals surface area contributed by atoms with E-state index in [9.17, 15) is 28.0 Å². The van der Waals surface area contributed by atoms with Crippen molar-refractivity contribution in [3.05, 3.63) is 136 Å². The minimum atomic E-state index is -4.66. The number of rotatable bonds is 8. The average molecular weight is 699 g/mol. The van der Waals surface area contributed by atoms with Crippen LogP contribution in [0.1, 0.15) is 46.2 Å². The quantitative estimate of drug-likeness (QED) is 0.202. The molecule has 0 spiro atoms. The molecular formula is C36H35F3N9O3+. The van der Waals surface area contributed by atoms with Gasteiger partial charge in [-0.3, -0.25) is 14.3 Å². The Morgan fingerprint density at radius 2 is 1.61 bits per heavy atom. The molecule has 0 aliphatic carbocycles. The molecule has 6 aromatic rings. The van der Waals surface area contributed by atoms with E-state index in [0.717, 1.165) is 16.8 Å². The van der Waals surface area contributed by atoms with Gasteiger partial charge in [-0.25, -0.2) is 9.36 Å². The van der Waals surface area contributed by atoms with Gasteiger partial charge in [0.15, 0.2) is 6.54 Å². The third kappa shape index (κ3) is 8.31. The van der Waals surface area contributed by atoms with Crippen molar-refractivity contribution in [2.24, 2.45) is 7.05 Å². The molecule has 51 heavy (non-hydrogen) atoms. The van der Waals surface area contributed by atoms with E-state index < -0.39 is 29.2 Å². The summed E-state index contributed by atoms with van der Waals surface area (Å²) < 4.78 is 50.8. The highest BCUT2D eigenvalue weighted by Gasteiger charge is 2.33. The Balaban J connectivity index is 0.000000761. The number of amides is 1. The van der Waals surface area contributed by atoms with Crippen LogP contribution < -0.4 is 10.9 Å². The van der Waals surface area contributed by atoms with Gasteiger partial charge in [0.2, 0.25) is 5.89 Å². The molecule has 6 rings (SSSR count). The molecule has 3 aromatic heterocycles. The van der Waals surface area contributed by atoms with Crippen molar-refractivity contribution >= 4 is 5.91 Å². The van der Waals surface area contributed by atoms with Crippen molar-refractivity contribution in [3.8, 4) is 28.8 Å². The zero-order valence-corrected chi connectivity index (χ0v) is 28.5. The monoisotopic (exact) mass is 698 g/mol. The van der Waals surface area contributed by atoms with E-state index in [4.69, 9.17) is 4.42 Å². The zero-order valence-electron chi connectivity index (χ0n) is 28.5. The van der Waals surface area contributed by atoms with Crippen LogP contribution in [0.2, 0.25) is 0 Å². The van der Waals surface area contributed by atoms with Crippen LogP contribution in [0.4, 0.5) is 13.2 Å². The molecule has 0 saturated heterocycles. The fraction of sp³-hybridized carbons (Fsp3) is 0.222. The molecule has 0 bridgehead atoms. The minimum Gasteiger partial charge on any atom is -0.418 e. The van der Waals surface area contributed by atoms with Gasteiger partial charge in [-0.2, -0.15) is 23.5 Å². The molecule has 15 heteroatoms. The lowest BCUT2D eigenvalue weighted by molar-refractivity contribution is -0.885. The van der Waals surface area contributed by atoms with Crippen molar-refractivity contribution in [1.82, 2.24) is 34.7 Å². The van der Waals surface area contributed by atoms with E-state index in [2.05, 4.69) is 20.6 Å². The van der Waals surface area contributed by atoms with Crippen molar-refractivity contribution in [2.45, 2.75) is 25.7 Å². The highest BCUT2D eigenvalue weighted by Crippen LogP contribution is 2.31. The summed E-state index contributed by atoms with van der Waals surface area (Å²) in [5, 5.41) is 24.4. The smallest absolute Gasteiger partial charge is 0.416 e. The van der Waals surface area contributed by atoms with Crippen LogP contribution in [0.5, 0.6) is 0 Å². The van der Waals surface area contributed by atoms with Gasteiger partial charge in [0, 0.05) is 7.05 Å². The average Bonchev–Trinajstić information content (AvgIpc) is 3.82. The number of hydrogen-bond donors (Lipinski definition) is 1. The predicted molar refractivity (Wildman–Crippen MR) is 182 cm³/mol. The SMILES string of the molecule is CC(NC(=O)c1c(-c2ccnn2-c2ccc(C#N)cc2)n(C)n(-c2cccc(C(F)(F)F)c2)c1=O)c1nnc(C[N+](C)(C)C)o1.c1ccccc1. The molecule has 1 N–H and O–H groups in total. The number of nitriles is 1. The molecule has 1 atom stereocenters. The Morgan fingerprint density at radius 1 is 0.961 bits per heavy atom. The van der Waals surface area contributed by atoms with Crippen LogP contribution in [0.25, 0.3) is 22.8 Å². The third-order valence-corrected chi connectivity index (χ3v) is 7.51. The molecule has 0 aliphatic rings. The fourth-order valence-corrected chi connectivity index (χ4v) is 5.20. The molecular weight excluding hydrogens is 663 g/mol. The first-order chi connectivity index (χ1) is 24.2. The summed E-state index contributed by atoms with van der Waals surface area (Å²) in [5.74, 6) is -0.343. The molecule has 3 heterocycles. The van der Waals surface area contributed by atoms with E-state index in [0.29, 0.717) is 33.9 Å². The van der Waals surface area contributed by atoms with Crippen LogP contribution >= 0.6 is 0 Å². The van der Waals surface area contributed by atoms with Crippen molar-refractivity contribution in [3.63, 3.8) is 0 Å². The zero-order chi connectivity index (χ0) is 36.9. The number of hydrogen-bond acceptors (Lipinski definition) is 7. The van der Waals surface area contributed by atoms with Crippen molar-refractivity contribution in [1.29, 1.82) is 5.26 Å². The van der Waals surface area contributed by atoms with Crippen molar-refractivity contribution < 1.29 is 26.9 Å². The van der Waals surface area contributed by atoms with Crippen LogP contribution in [0.15, 0.2) is 106 Å². The van der Waals surface area contributed by atoms with Crippen LogP contribution in [0.3, 0.4) is 0 Å². The maximum absolute atomic E-state index is 14.0. The Kier molecular flexibility index (Phi) is 10.4. The molecule has 0 saturated carbocycles. The lowest BCUT2D eigenvalue weighted by atomic mass is 10.1. The number of quaternary nitrogens is 1. The van der Waals surface area contributed by atoms with Gasteiger partial charge in [0.1, 0.15) is 17.3 Å². The highest BCUT2D eigenvalue weighted by atomic mass is 19.4. The summed E-state index contributed by atoms with van der Waals surface area (Å²) in [6, 6.07) is 25.5. The number of alkyl halides is 3. The van der Waals surface area contributed by atoms with Gasteiger partial charge in [-0.1, -0.05) is 42.5 Å². The fourth-order valence-electron chi connectivity index (χ4n) is 5.20. The Bertz CT molecular complexity index is 2190. The van der Waals surface area contributed by atoms with E-state index >= 15 is 0 Å². The van der Waals surface area contributed by atoms with Gasteiger partial charge < -0.3 is 14.2 Å². The van der Waals surface area contributed by atoms with Crippen LogP contribution in [0, 0.1) is 11.3 Å². The first-order valence-electron chi connectivity index (χ1n) is 15.7. The number of carbonyl (C=O) groups excluding carboxylic acids is 1. The second-order valence-corrected chi connectivity index (χ2v) is 12.5. The standard InChI is InChI=1S/C30H28F3N9O3.C6H6/c1-18(28-38-37-24(45-28)17-42(3,4)5)36-27(43)25-26(23-13-14-35-40(23)21-11-9-19(16-34)10-12-21)39(2)41(29(25)44)22-8-6-7-20(15-22)30(31,32)33;1-2-4-6-5-3-1/h6-15,18H,17H2,1-5H3;1-6H/p+1. The van der Waals surface area contributed by atoms with E-state index in [1.165, 1.54) is 34.7 Å². The second-order valence-electron chi connectivity index (χ2n) is 12.5. The number of nitrogens with zero attached hydrogens (tertiary/aromatic N) is 8. The Morgan fingerprint density at radius 3 is 2.20 bits per heavy atom. The second kappa shape index (κ2) is 14.7. The summed E-state index contributed by atoms with van der Waals surface area (Å²) in [6.45, 7) is 2.05. The highest BCUT2D eigenvalue weighted by molar-refractivity contribution is 6.00. The number of benzene rings is 3. The molecule has 1 amide bonds. The number of nitrogens with one attached hydrogen (secondary N) is 1. The summed E-state index contributed by atoms with van der Waals surface area (Å²) in [4.78, 5) is 27.9. The lowest BCUT2D eigenvalue weighted by Gasteiger charge is -2.21. The van der Waals surface area contributed by atoms with E-state index in [-0.39, 0.29) is 22.8 Å². The van der Waals surface area contributed by atoms with Gasteiger partial charge in [-0.05, 0) is 55.5 Å². The molecule has 262 valence electrons. The molecule has 0 radical (unpaired) electrons. The summed E-state index contributed by atoms with van der Waals surface area (Å²) >= 11 is 0. The first-order valence-corrected chi connectivity index (χ1v) is 15.7. The maximum Gasteiger partial charge on any atom is 0.416 e. The summed E-state index contributed by atoms with van der Waals surface area (Å²) in [7, 11) is 7.31. The number of halogens is 3. The summed E-state index contributed by atoms with van der Waals surface area (Å²) in [5.41, 5.74) is -0.955. The molecule has 0 aliphatic heterocycles. The number of carbonyl (C=O) groups is 1. The van der Waals surface area contributed by atoms with Gasteiger partial charge >= 0.3 is 6.18 Å². The minimum absolute atomic E-state index is 0.0835.